The molecule has 1 aliphatic rings. The van der Waals surface area contributed by atoms with Gasteiger partial charge in [0.25, 0.3) is 0 Å². The number of aryl methyl sites for hydroxylation is 1. The number of benzene rings is 2. The zero-order chi connectivity index (χ0) is 14.6. The molecule has 0 spiro atoms. The van der Waals surface area contributed by atoms with Gasteiger partial charge in [-0.05, 0) is 33.9 Å². The second-order valence-corrected chi connectivity index (χ2v) is 6.50. The van der Waals surface area contributed by atoms with Crippen LogP contribution < -0.4 is 0 Å². The van der Waals surface area contributed by atoms with E-state index < -0.39 is 0 Å². The van der Waals surface area contributed by atoms with Crippen molar-refractivity contribution >= 4 is 0 Å². The van der Waals surface area contributed by atoms with Gasteiger partial charge in [-0.25, -0.2) is 0 Å². The Hall–Kier alpha value is -2.28. The van der Waals surface area contributed by atoms with Gasteiger partial charge < -0.3 is 4.57 Å². The number of rotatable bonds is 1. The highest BCUT2D eigenvalue weighted by Crippen LogP contribution is 2.49. The highest BCUT2D eigenvalue weighted by atomic mass is 14.9. The molecule has 1 nitrogen and oxygen atoms in total. The predicted molar refractivity (Wildman–Crippen MR) is 88.4 cm³/mol. The van der Waals surface area contributed by atoms with Gasteiger partial charge in [-0.3, -0.25) is 0 Å². The van der Waals surface area contributed by atoms with Crippen LogP contribution in [0.5, 0.6) is 0 Å². The van der Waals surface area contributed by atoms with Crippen LogP contribution in [0, 0.1) is 0 Å². The molecule has 1 heteroatoms. The molecule has 0 N–H and O–H groups in total. The Morgan fingerprint density at radius 3 is 2.29 bits per heavy atom. The average molecular weight is 273 g/mol. The van der Waals surface area contributed by atoms with Crippen molar-refractivity contribution in [3.8, 4) is 22.3 Å². The van der Waals surface area contributed by atoms with E-state index in [4.69, 9.17) is 0 Å². The first-order valence-corrected chi connectivity index (χ1v) is 7.44. The lowest BCUT2D eigenvalue weighted by Crippen LogP contribution is -2.14. The summed E-state index contributed by atoms with van der Waals surface area (Å²) in [4.78, 5) is 0. The third-order valence-electron chi connectivity index (χ3n) is 4.72. The van der Waals surface area contributed by atoms with Crippen molar-refractivity contribution in [1.82, 2.24) is 4.57 Å². The monoisotopic (exact) mass is 273 g/mol. The molecule has 0 unspecified atom stereocenters. The summed E-state index contributed by atoms with van der Waals surface area (Å²) in [5.74, 6) is 0. The highest BCUT2D eigenvalue weighted by Gasteiger charge is 2.36. The second kappa shape index (κ2) is 4.11. The normalized spacial score (nSPS) is 14.8. The van der Waals surface area contributed by atoms with Crippen molar-refractivity contribution in [2.24, 2.45) is 7.05 Å². The van der Waals surface area contributed by atoms with Gasteiger partial charge in [0.15, 0.2) is 0 Å². The fourth-order valence-corrected chi connectivity index (χ4v) is 3.55. The van der Waals surface area contributed by atoms with E-state index in [-0.39, 0.29) is 5.41 Å². The highest BCUT2D eigenvalue weighted by molar-refractivity contribution is 5.83. The maximum absolute atomic E-state index is 2.37. The van der Waals surface area contributed by atoms with E-state index >= 15 is 0 Å². The summed E-state index contributed by atoms with van der Waals surface area (Å²) in [5, 5.41) is 0. The smallest absolute Gasteiger partial charge is 0.0174 e. The second-order valence-electron chi connectivity index (χ2n) is 6.50. The Morgan fingerprint density at radius 2 is 1.52 bits per heavy atom. The molecule has 1 aliphatic carbocycles. The number of nitrogens with zero attached hydrogens (tertiary/aromatic N) is 1. The van der Waals surface area contributed by atoms with Crippen LogP contribution in [0.1, 0.15) is 25.0 Å². The molecular formula is C20H19N. The van der Waals surface area contributed by atoms with Crippen molar-refractivity contribution in [1.29, 1.82) is 0 Å². The van der Waals surface area contributed by atoms with E-state index in [9.17, 15) is 0 Å². The standard InChI is InChI=1S/C20H19N/c1-20(2)18-11-15(14-7-5-4-6-8-14)9-10-16(18)17-12-21(3)13-19(17)20/h4-13H,1-3H3. The summed E-state index contributed by atoms with van der Waals surface area (Å²) in [6.45, 7) is 4.65. The first-order chi connectivity index (χ1) is 10.1. The fraction of sp³-hybridized carbons (Fsp3) is 0.200. The SMILES string of the molecule is Cn1cc2c(c1)C(C)(C)c1cc(-c3ccccc3)ccc1-2. The first-order valence-electron chi connectivity index (χ1n) is 7.44. The van der Waals surface area contributed by atoms with Gasteiger partial charge in [-0.2, -0.15) is 0 Å². The van der Waals surface area contributed by atoms with Crippen LogP contribution in [0.2, 0.25) is 0 Å². The van der Waals surface area contributed by atoms with E-state index in [0.29, 0.717) is 0 Å². The summed E-state index contributed by atoms with van der Waals surface area (Å²) in [7, 11) is 2.10. The zero-order valence-corrected chi connectivity index (χ0v) is 12.7. The van der Waals surface area contributed by atoms with Crippen LogP contribution in [0.3, 0.4) is 0 Å². The molecular weight excluding hydrogens is 254 g/mol. The maximum Gasteiger partial charge on any atom is 0.0174 e. The van der Waals surface area contributed by atoms with Gasteiger partial charge in [0.05, 0.1) is 0 Å². The molecule has 1 aromatic heterocycles. The molecule has 0 saturated heterocycles. The van der Waals surface area contributed by atoms with Gasteiger partial charge in [0.1, 0.15) is 0 Å². The maximum atomic E-state index is 2.37. The summed E-state index contributed by atoms with van der Waals surface area (Å²) in [5.41, 5.74) is 8.31. The molecule has 0 atom stereocenters. The lowest BCUT2D eigenvalue weighted by atomic mass is 9.82. The molecule has 0 aliphatic heterocycles. The molecule has 0 saturated carbocycles. The van der Waals surface area contributed by atoms with Crippen LogP contribution in [0.15, 0.2) is 60.9 Å². The molecule has 21 heavy (non-hydrogen) atoms. The minimum atomic E-state index is 0.0801. The summed E-state index contributed by atoms with van der Waals surface area (Å²) >= 11 is 0. The largest absolute Gasteiger partial charge is 0.356 e. The van der Waals surface area contributed by atoms with E-state index in [1.807, 2.05) is 0 Å². The zero-order valence-electron chi connectivity index (χ0n) is 12.7. The van der Waals surface area contributed by atoms with Crippen molar-refractivity contribution in [3.05, 3.63) is 72.1 Å². The van der Waals surface area contributed by atoms with Crippen LogP contribution >= 0.6 is 0 Å². The number of hydrogen-bond donors (Lipinski definition) is 0. The Labute approximate surface area is 125 Å². The topological polar surface area (TPSA) is 4.93 Å². The Kier molecular flexibility index (Phi) is 2.44. The Balaban J connectivity index is 1.93. The molecule has 0 bridgehead atoms. The molecule has 3 aromatic rings. The van der Waals surface area contributed by atoms with Gasteiger partial charge in [0.2, 0.25) is 0 Å². The summed E-state index contributed by atoms with van der Waals surface area (Å²) in [6, 6.07) is 17.5. The third-order valence-corrected chi connectivity index (χ3v) is 4.72. The molecule has 0 fully saturated rings. The minimum Gasteiger partial charge on any atom is -0.356 e. The molecule has 0 radical (unpaired) electrons. The number of fused-ring (bicyclic) bond motifs is 3. The van der Waals surface area contributed by atoms with Crippen LogP contribution in [-0.2, 0) is 12.5 Å². The van der Waals surface area contributed by atoms with E-state index in [1.165, 1.54) is 33.4 Å². The van der Waals surface area contributed by atoms with Crippen molar-refractivity contribution in [3.63, 3.8) is 0 Å². The molecule has 4 rings (SSSR count). The van der Waals surface area contributed by atoms with Gasteiger partial charge >= 0.3 is 0 Å². The third kappa shape index (κ3) is 1.70. The van der Waals surface area contributed by atoms with Crippen molar-refractivity contribution < 1.29 is 0 Å². The van der Waals surface area contributed by atoms with Gasteiger partial charge in [-0.1, -0.05) is 56.3 Å². The van der Waals surface area contributed by atoms with Crippen molar-refractivity contribution in [2.45, 2.75) is 19.3 Å². The quantitative estimate of drug-likeness (QED) is 0.588. The predicted octanol–water partition coefficient (Wildman–Crippen LogP) is 5.00. The molecule has 1 heterocycles. The van der Waals surface area contributed by atoms with Gasteiger partial charge in [-0.15, -0.1) is 0 Å². The average Bonchev–Trinajstić information content (AvgIpc) is 2.97. The van der Waals surface area contributed by atoms with Crippen LogP contribution in [-0.4, -0.2) is 4.57 Å². The minimum absolute atomic E-state index is 0.0801. The molecule has 2 aromatic carbocycles. The lowest BCUT2D eigenvalue weighted by molar-refractivity contribution is 0.656. The number of hydrogen-bond acceptors (Lipinski definition) is 0. The van der Waals surface area contributed by atoms with E-state index in [2.05, 4.69) is 86.4 Å². The summed E-state index contributed by atoms with van der Waals surface area (Å²) < 4.78 is 2.17. The van der Waals surface area contributed by atoms with E-state index in [0.717, 1.165) is 0 Å². The number of aromatic nitrogens is 1. The fourth-order valence-electron chi connectivity index (χ4n) is 3.55. The molecule has 0 amide bonds. The summed E-state index contributed by atoms with van der Waals surface area (Å²) in [6.07, 6.45) is 4.50. The Morgan fingerprint density at radius 1 is 0.762 bits per heavy atom. The van der Waals surface area contributed by atoms with Crippen LogP contribution in [0.25, 0.3) is 22.3 Å². The first kappa shape index (κ1) is 12.5. The van der Waals surface area contributed by atoms with E-state index in [1.54, 1.807) is 0 Å². The Bertz CT molecular complexity index is 822. The van der Waals surface area contributed by atoms with Crippen LogP contribution in [0.4, 0.5) is 0 Å². The molecule has 104 valence electrons. The lowest BCUT2D eigenvalue weighted by Gasteiger charge is -2.21. The van der Waals surface area contributed by atoms with Gasteiger partial charge in [0, 0.05) is 30.4 Å². The van der Waals surface area contributed by atoms with Crippen molar-refractivity contribution in [2.75, 3.05) is 0 Å².